The molecule has 0 atom stereocenters. The van der Waals surface area contributed by atoms with Crippen LogP contribution in [0.1, 0.15) is 5.56 Å². The maximum atomic E-state index is 5.81. The van der Waals surface area contributed by atoms with E-state index in [2.05, 4.69) is 61.5 Å². The largest absolute Gasteiger partial charge is 0.493 e. The van der Waals surface area contributed by atoms with Gasteiger partial charge < -0.3 is 9.47 Å². The predicted molar refractivity (Wildman–Crippen MR) is 105 cm³/mol. The molecule has 4 aromatic carbocycles. The molecule has 0 unspecified atom stereocenters. The zero-order chi connectivity index (χ0) is 17.4. The second kappa shape index (κ2) is 6.14. The van der Waals surface area contributed by atoms with E-state index in [1.54, 1.807) is 14.2 Å². The van der Waals surface area contributed by atoms with E-state index in [9.17, 15) is 0 Å². The van der Waals surface area contributed by atoms with Gasteiger partial charge in [-0.2, -0.15) is 0 Å². The minimum atomic E-state index is 0.753. The summed E-state index contributed by atoms with van der Waals surface area (Å²) in [5, 5.41) is 4.75. The van der Waals surface area contributed by atoms with E-state index < -0.39 is 0 Å². The molecule has 0 radical (unpaired) electrons. The van der Waals surface area contributed by atoms with Gasteiger partial charge in [-0.1, -0.05) is 60.7 Å². The Kier molecular flexibility index (Phi) is 3.81. The summed E-state index contributed by atoms with van der Waals surface area (Å²) in [7, 11) is 3.39. The van der Waals surface area contributed by atoms with Crippen molar-refractivity contribution < 1.29 is 9.47 Å². The minimum absolute atomic E-state index is 0.753. The summed E-state index contributed by atoms with van der Waals surface area (Å²) >= 11 is 0. The Morgan fingerprint density at radius 1 is 0.640 bits per heavy atom. The molecule has 0 amide bonds. The van der Waals surface area contributed by atoms with Gasteiger partial charge in [0.2, 0.25) is 0 Å². The van der Waals surface area contributed by atoms with Gasteiger partial charge in [-0.25, -0.2) is 0 Å². The van der Waals surface area contributed by atoms with Crippen LogP contribution in [0.25, 0.3) is 32.7 Å². The maximum Gasteiger partial charge on any atom is 0.169 e. The molecule has 0 saturated heterocycles. The quantitative estimate of drug-likeness (QED) is 0.460. The van der Waals surface area contributed by atoms with E-state index in [0.29, 0.717) is 0 Å². The van der Waals surface area contributed by atoms with Gasteiger partial charge in [0.1, 0.15) is 0 Å². The van der Waals surface area contributed by atoms with Crippen LogP contribution in [-0.2, 0) is 0 Å². The lowest BCUT2D eigenvalue weighted by Gasteiger charge is -2.19. The van der Waals surface area contributed by atoms with E-state index in [4.69, 9.17) is 9.47 Å². The summed E-state index contributed by atoms with van der Waals surface area (Å²) in [6.45, 7) is 2.15. The van der Waals surface area contributed by atoms with Gasteiger partial charge in [0.25, 0.3) is 0 Å². The number of ether oxygens (including phenoxy) is 2. The zero-order valence-electron chi connectivity index (χ0n) is 14.7. The first-order chi connectivity index (χ1) is 12.2. The molecule has 0 aromatic heterocycles. The Bertz CT molecular complexity index is 1080. The van der Waals surface area contributed by atoms with Crippen molar-refractivity contribution in [2.45, 2.75) is 6.92 Å². The number of benzene rings is 4. The molecule has 0 spiro atoms. The summed E-state index contributed by atoms with van der Waals surface area (Å²) in [5.41, 5.74) is 3.51. The molecule has 2 heteroatoms. The van der Waals surface area contributed by atoms with E-state index in [1.807, 2.05) is 12.1 Å². The standard InChI is InChI=1S/C23H20O2/c1-15-12-13-16-8-4-6-10-18(16)21(15)22-19-11-7-5-9-17(19)14-20(24-2)23(22)25-3/h4-14H,1-3H3. The molecule has 124 valence electrons. The van der Waals surface area contributed by atoms with Crippen LogP contribution in [0.5, 0.6) is 11.5 Å². The van der Waals surface area contributed by atoms with Gasteiger partial charge in [-0.15, -0.1) is 0 Å². The number of aryl methyl sites for hydroxylation is 1. The van der Waals surface area contributed by atoms with Crippen molar-refractivity contribution in [3.8, 4) is 22.6 Å². The summed E-state index contributed by atoms with van der Waals surface area (Å²) in [4.78, 5) is 0. The third-order valence-electron chi connectivity index (χ3n) is 4.78. The highest BCUT2D eigenvalue weighted by Crippen LogP contribution is 2.46. The van der Waals surface area contributed by atoms with E-state index in [-0.39, 0.29) is 0 Å². The first-order valence-corrected chi connectivity index (χ1v) is 8.37. The molecule has 0 aliphatic carbocycles. The number of hydrogen-bond acceptors (Lipinski definition) is 2. The Hall–Kier alpha value is -3.00. The van der Waals surface area contributed by atoms with Gasteiger partial charge in [0.05, 0.1) is 14.2 Å². The first kappa shape index (κ1) is 15.5. The van der Waals surface area contributed by atoms with Gasteiger partial charge in [0, 0.05) is 5.56 Å². The van der Waals surface area contributed by atoms with E-state index in [0.717, 1.165) is 22.4 Å². The fourth-order valence-electron chi connectivity index (χ4n) is 3.62. The Labute approximate surface area is 147 Å². The van der Waals surface area contributed by atoms with Crippen LogP contribution < -0.4 is 9.47 Å². The van der Waals surface area contributed by atoms with Crippen LogP contribution in [0.4, 0.5) is 0 Å². The number of fused-ring (bicyclic) bond motifs is 2. The highest BCUT2D eigenvalue weighted by molar-refractivity contribution is 6.09. The summed E-state index contributed by atoms with van der Waals surface area (Å²) < 4.78 is 11.4. The molecule has 0 bridgehead atoms. The molecular formula is C23H20O2. The van der Waals surface area contributed by atoms with E-state index >= 15 is 0 Å². The fraction of sp³-hybridized carbons (Fsp3) is 0.130. The molecule has 2 nitrogen and oxygen atoms in total. The van der Waals surface area contributed by atoms with Crippen molar-refractivity contribution in [3.63, 3.8) is 0 Å². The molecular weight excluding hydrogens is 308 g/mol. The van der Waals surface area contributed by atoms with Gasteiger partial charge in [-0.3, -0.25) is 0 Å². The van der Waals surface area contributed by atoms with Crippen molar-refractivity contribution >= 4 is 21.5 Å². The van der Waals surface area contributed by atoms with Crippen molar-refractivity contribution in [3.05, 3.63) is 72.3 Å². The molecule has 0 fully saturated rings. The van der Waals surface area contributed by atoms with Crippen LogP contribution in [0.3, 0.4) is 0 Å². The highest BCUT2D eigenvalue weighted by Gasteiger charge is 2.19. The topological polar surface area (TPSA) is 18.5 Å². The van der Waals surface area contributed by atoms with Crippen LogP contribution >= 0.6 is 0 Å². The van der Waals surface area contributed by atoms with Crippen LogP contribution in [0.15, 0.2) is 66.7 Å². The lowest BCUT2D eigenvalue weighted by Crippen LogP contribution is -1.97. The normalized spacial score (nSPS) is 11.0. The second-order valence-corrected chi connectivity index (χ2v) is 6.19. The Morgan fingerprint density at radius 3 is 1.96 bits per heavy atom. The highest BCUT2D eigenvalue weighted by atomic mass is 16.5. The molecule has 0 aliphatic rings. The van der Waals surface area contributed by atoms with Crippen LogP contribution in [0.2, 0.25) is 0 Å². The number of hydrogen-bond donors (Lipinski definition) is 0. The monoisotopic (exact) mass is 328 g/mol. The van der Waals surface area contributed by atoms with Crippen molar-refractivity contribution in [2.75, 3.05) is 14.2 Å². The summed E-state index contributed by atoms with van der Waals surface area (Å²) in [6, 6.07) is 23.2. The third-order valence-corrected chi connectivity index (χ3v) is 4.78. The Morgan fingerprint density at radius 2 is 1.28 bits per heavy atom. The predicted octanol–water partition coefficient (Wildman–Crippen LogP) is 5.99. The average Bonchev–Trinajstić information content (AvgIpc) is 2.66. The molecule has 0 aliphatic heterocycles. The number of rotatable bonds is 3. The number of methoxy groups -OCH3 is 2. The zero-order valence-corrected chi connectivity index (χ0v) is 14.7. The maximum absolute atomic E-state index is 5.81. The molecule has 0 heterocycles. The van der Waals surface area contributed by atoms with Crippen molar-refractivity contribution in [2.24, 2.45) is 0 Å². The lowest BCUT2D eigenvalue weighted by atomic mass is 9.89. The molecule has 4 rings (SSSR count). The summed E-state index contributed by atoms with van der Waals surface area (Å²) in [6.07, 6.45) is 0. The lowest BCUT2D eigenvalue weighted by molar-refractivity contribution is 0.357. The molecule has 0 saturated carbocycles. The van der Waals surface area contributed by atoms with Crippen molar-refractivity contribution in [1.82, 2.24) is 0 Å². The first-order valence-electron chi connectivity index (χ1n) is 8.37. The fourth-order valence-corrected chi connectivity index (χ4v) is 3.62. The summed E-state index contributed by atoms with van der Waals surface area (Å²) in [5.74, 6) is 1.53. The van der Waals surface area contributed by atoms with Crippen LogP contribution in [-0.4, -0.2) is 14.2 Å². The van der Waals surface area contributed by atoms with Crippen molar-refractivity contribution in [1.29, 1.82) is 0 Å². The van der Waals surface area contributed by atoms with Crippen LogP contribution in [0, 0.1) is 6.92 Å². The molecule has 0 N–H and O–H groups in total. The van der Waals surface area contributed by atoms with Gasteiger partial charge in [0.15, 0.2) is 11.5 Å². The third kappa shape index (κ3) is 2.42. The molecule has 25 heavy (non-hydrogen) atoms. The van der Waals surface area contributed by atoms with E-state index in [1.165, 1.54) is 27.3 Å². The van der Waals surface area contributed by atoms with Gasteiger partial charge >= 0.3 is 0 Å². The SMILES string of the molecule is COc1cc2ccccc2c(-c2c(C)ccc3ccccc23)c1OC. The smallest absolute Gasteiger partial charge is 0.169 e. The average molecular weight is 328 g/mol. The van der Waals surface area contributed by atoms with Gasteiger partial charge in [-0.05, 0) is 45.7 Å². The Balaban J connectivity index is 2.23. The molecule has 4 aromatic rings. The second-order valence-electron chi connectivity index (χ2n) is 6.19. The minimum Gasteiger partial charge on any atom is -0.493 e.